The molecule has 2 rings (SSSR count). The first-order valence-electron chi connectivity index (χ1n) is 9.11. The van der Waals surface area contributed by atoms with Crippen LogP contribution < -0.4 is 21.7 Å². The average molecular weight is 418 g/mol. The number of carbonyl (C=O) groups excluding carboxylic acids is 3. The van der Waals surface area contributed by atoms with Gasteiger partial charge in [0.05, 0.1) is 5.69 Å². The molecule has 0 radical (unpaired) electrons. The fourth-order valence-corrected chi connectivity index (χ4v) is 3.46. The standard InChI is InChI=1S/C20H27N5O3S/c1-10-7-8-13(9-11(10)2)25(12(3)18(27)23-20(4,5)6)19(28)16-14(21)15(17(22)26)24-29-16/h7-9,12H,21H2,1-6H3,(H2,22,26)(H,23,27)/t12-/m1/s1. The Hall–Kier alpha value is -2.94. The summed E-state index contributed by atoms with van der Waals surface area (Å²) in [6.45, 7) is 11.1. The molecule has 1 aromatic heterocycles. The number of carbonyl (C=O) groups is 3. The second-order valence-corrected chi connectivity index (χ2v) is 8.77. The van der Waals surface area contributed by atoms with Gasteiger partial charge < -0.3 is 16.8 Å². The van der Waals surface area contributed by atoms with E-state index in [0.29, 0.717) is 5.69 Å². The van der Waals surface area contributed by atoms with Crippen molar-refractivity contribution in [2.75, 3.05) is 10.6 Å². The van der Waals surface area contributed by atoms with Gasteiger partial charge in [-0.2, -0.15) is 4.37 Å². The third-order valence-electron chi connectivity index (χ3n) is 4.41. The van der Waals surface area contributed by atoms with Crippen molar-refractivity contribution < 1.29 is 14.4 Å². The van der Waals surface area contributed by atoms with E-state index in [0.717, 1.165) is 22.7 Å². The Morgan fingerprint density at radius 1 is 1.17 bits per heavy atom. The third-order valence-corrected chi connectivity index (χ3v) is 5.26. The van der Waals surface area contributed by atoms with Gasteiger partial charge in [0.15, 0.2) is 5.69 Å². The molecule has 8 nitrogen and oxygen atoms in total. The molecule has 0 spiro atoms. The monoisotopic (exact) mass is 417 g/mol. The number of aryl methyl sites for hydroxylation is 2. The molecule has 1 aromatic carbocycles. The minimum atomic E-state index is -0.831. The van der Waals surface area contributed by atoms with Crippen molar-refractivity contribution in [2.24, 2.45) is 5.73 Å². The molecule has 9 heteroatoms. The first kappa shape index (κ1) is 22.4. The molecule has 0 unspecified atom stereocenters. The molecule has 3 amide bonds. The lowest BCUT2D eigenvalue weighted by Gasteiger charge is -2.31. The predicted octanol–water partition coefficient (Wildman–Crippen LogP) is 2.39. The van der Waals surface area contributed by atoms with Crippen LogP contribution in [-0.2, 0) is 4.79 Å². The molecule has 29 heavy (non-hydrogen) atoms. The van der Waals surface area contributed by atoms with Crippen molar-refractivity contribution in [2.45, 2.75) is 53.1 Å². The second kappa shape index (κ2) is 8.20. The zero-order valence-electron chi connectivity index (χ0n) is 17.5. The number of rotatable bonds is 5. The van der Waals surface area contributed by atoms with Gasteiger partial charge in [0.1, 0.15) is 10.9 Å². The van der Waals surface area contributed by atoms with Crippen LogP contribution in [0, 0.1) is 13.8 Å². The van der Waals surface area contributed by atoms with Gasteiger partial charge in [0.25, 0.3) is 11.8 Å². The average Bonchev–Trinajstić information content (AvgIpc) is 2.98. The van der Waals surface area contributed by atoms with E-state index in [2.05, 4.69) is 9.69 Å². The maximum absolute atomic E-state index is 13.4. The van der Waals surface area contributed by atoms with Crippen LogP contribution >= 0.6 is 11.5 Å². The molecule has 0 aliphatic heterocycles. The molecule has 0 aliphatic rings. The van der Waals surface area contributed by atoms with Gasteiger partial charge in [-0.3, -0.25) is 19.3 Å². The number of hydrogen-bond acceptors (Lipinski definition) is 6. The topological polar surface area (TPSA) is 131 Å². The van der Waals surface area contributed by atoms with E-state index < -0.39 is 23.4 Å². The van der Waals surface area contributed by atoms with Crippen LogP contribution in [0.3, 0.4) is 0 Å². The Balaban J connectivity index is 2.54. The first-order chi connectivity index (χ1) is 13.3. The molecule has 0 fully saturated rings. The van der Waals surface area contributed by atoms with Gasteiger partial charge in [-0.05, 0) is 76.3 Å². The molecule has 1 atom stereocenters. The van der Waals surface area contributed by atoms with Crippen LogP contribution in [0.5, 0.6) is 0 Å². The molecule has 156 valence electrons. The number of amides is 3. The highest BCUT2D eigenvalue weighted by Gasteiger charge is 2.33. The van der Waals surface area contributed by atoms with Crippen LogP contribution in [0.15, 0.2) is 18.2 Å². The van der Waals surface area contributed by atoms with Crippen LogP contribution in [0.2, 0.25) is 0 Å². The molecule has 2 aromatic rings. The number of primary amides is 1. The van der Waals surface area contributed by atoms with Gasteiger partial charge in [0, 0.05) is 11.2 Å². The lowest BCUT2D eigenvalue weighted by atomic mass is 10.1. The summed E-state index contributed by atoms with van der Waals surface area (Å²) in [6, 6.07) is 4.65. The minimum absolute atomic E-state index is 0.0624. The zero-order chi connectivity index (χ0) is 22.1. The highest BCUT2D eigenvalue weighted by molar-refractivity contribution is 7.09. The second-order valence-electron chi connectivity index (χ2n) is 8.00. The first-order valence-corrected chi connectivity index (χ1v) is 9.88. The smallest absolute Gasteiger partial charge is 0.272 e. The lowest BCUT2D eigenvalue weighted by Crippen LogP contribution is -2.53. The van der Waals surface area contributed by atoms with Crippen LogP contribution in [-0.4, -0.2) is 33.7 Å². The number of nitrogens with zero attached hydrogens (tertiary/aromatic N) is 2. The third kappa shape index (κ3) is 4.92. The summed E-state index contributed by atoms with van der Waals surface area (Å²) < 4.78 is 3.90. The van der Waals surface area contributed by atoms with E-state index in [1.54, 1.807) is 13.0 Å². The summed E-state index contributed by atoms with van der Waals surface area (Å²) in [5, 5.41) is 2.89. The van der Waals surface area contributed by atoms with Gasteiger partial charge >= 0.3 is 0 Å². The van der Waals surface area contributed by atoms with E-state index in [4.69, 9.17) is 11.5 Å². The van der Waals surface area contributed by atoms with E-state index in [1.807, 2.05) is 46.8 Å². The maximum atomic E-state index is 13.4. The van der Waals surface area contributed by atoms with Crippen LogP contribution in [0.4, 0.5) is 11.4 Å². The van der Waals surface area contributed by atoms with Gasteiger partial charge in [-0.25, -0.2) is 0 Å². The molecule has 0 bridgehead atoms. The number of nitrogens with one attached hydrogen (secondary N) is 1. The molecule has 0 saturated heterocycles. The fraction of sp³-hybridized carbons (Fsp3) is 0.400. The van der Waals surface area contributed by atoms with Crippen molar-refractivity contribution in [1.29, 1.82) is 0 Å². The normalized spacial score (nSPS) is 12.3. The van der Waals surface area contributed by atoms with Crippen molar-refractivity contribution in [1.82, 2.24) is 9.69 Å². The Morgan fingerprint density at radius 3 is 2.28 bits per heavy atom. The molecule has 5 N–H and O–H groups in total. The summed E-state index contributed by atoms with van der Waals surface area (Å²) in [5.74, 6) is -1.65. The maximum Gasteiger partial charge on any atom is 0.272 e. The van der Waals surface area contributed by atoms with E-state index >= 15 is 0 Å². The van der Waals surface area contributed by atoms with Crippen molar-refractivity contribution in [3.63, 3.8) is 0 Å². The Kier molecular flexibility index (Phi) is 6.32. The summed E-state index contributed by atoms with van der Waals surface area (Å²) in [4.78, 5) is 39.1. The van der Waals surface area contributed by atoms with Crippen molar-refractivity contribution in [3.05, 3.63) is 39.9 Å². The highest BCUT2D eigenvalue weighted by atomic mass is 32.1. The van der Waals surface area contributed by atoms with Crippen molar-refractivity contribution >= 4 is 40.6 Å². The fourth-order valence-electron chi connectivity index (χ4n) is 2.72. The Bertz CT molecular complexity index is 962. The van der Waals surface area contributed by atoms with Gasteiger partial charge in [-0.15, -0.1) is 0 Å². The Morgan fingerprint density at radius 2 is 1.79 bits per heavy atom. The quantitative estimate of drug-likeness (QED) is 0.687. The van der Waals surface area contributed by atoms with Crippen LogP contribution in [0.1, 0.15) is 59.0 Å². The molecule has 0 saturated carbocycles. The largest absolute Gasteiger partial charge is 0.395 e. The molecular formula is C20H27N5O3S. The SMILES string of the molecule is Cc1ccc(N(C(=O)c2snc(C(N)=O)c2N)[C@H](C)C(=O)NC(C)(C)C)cc1C. The molecule has 1 heterocycles. The lowest BCUT2D eigenvalue weighted by molar-refractivity contribution is -0.123. The number of nitrogens with two attached hydrogens (primary N) is 2. The Labute approximate surface area is 174 Å². The van der Waals surface area contributed by atoms with Gasteiger partial charge in [0.2, 0.25) is 5.91 Å². The summed E-state index contributed by atoms with van der Waals surface area (Å²) in [6.07, 6.45) is 0. The van der Waals surface area contributed by atoms with Gasteiger partial charge in [-0.1, -0.05) is 6.07 Å². The minimum Gasteiger partial charge on any atom is -0.395 e. The van der Waals surface area contributed by atoms with E-state index in [1.165, 1.54) is 4.90 Å². The summed E-state index contributed by atoms with van der Waals surface area (Å²) in [7, 11) is 0. The molecule has 0 aliphatic carbocycles. The number of aromatic nitrogens is 1. The number of hydrogen-bond donors (Lipinski definition) is 3. The van der Waals surface area contributed by atoms with Crippen LogP contribution in [0.25, 0.3) is 0 Å². The predicted molar refractivity (Wildman–Crippen MR) is 115 cm³/mol. The highest BCUT2D eigenvalue weighted by Crippen LogP contribution is 2.28. The molecular weight excluding hydrogens is 390 g/mol. The van der Waals surface area contributed by atoms with E-state index in [-0.39, 0.29) is 22.2 Å². The number of anilines is 2. The number of benzene rings is 1. The summed E-state index contributed by atoms with van der Waals surface area (Å²) in [5.41, 5.74) is 13.1. The number of nitrogen functional groups attached to an aromatic ring is 1. The van der Waals surface area contributed by atoms with Crippen molar-refractivity contribution in [3.8, 4) is 0 Å². The van der Waals surface area contributed by atoms with E-state index in [9.17, 15) is 14.4 Å². The summed E-state index contributed by atoms with van der Waals surface area (Å²) >= 11 is 0.786. The zero-order valence-corrected chi connectivity index (χ0v) is 18.3.